The minimum absolute atomic E-state index is 0.275. The van der Waals surface area contributed by atoms with Crippen LogP contribution in [0, 0.1) is 5.92 Å². The van der Waals surface area contributed by atoms with E-state index in [2.05, 4.69) is 141 Å². The number of aromatic nitrogens is 2. The molecule has 0 radical (unpaired) electrons. The summed E-state index contributed by atoms with van der Waals surface area (Å²) in [6.45, 7) is 6.78. The molecule has 2 atom stereocenters. The number of benzene rings is 4. The maximum absolute atomic E-state index is 5.51. The number of hydrogen-bond donors (Lipinski definition) is 0. The largest absolute Gasteiger partial charge is 0.302 e. The highest BCUT2D eigenvalue weighted by molar-refractivity contribution is 7.60. The van der Waals surface area contributed by atoms with Gasteiger partial charge in [0.15, 0.2) is 5.82 Å². The zero-order chi connectivity index (χ0) is 33.0. The Kier molecular flexibility index (Phi) is 7.67. The fraction of sp³-hybridized carbons (Fsp3) is 0.167. The Hall–Kier alpha value is -4.75. The maximum atomic E-state index is 5.51. The third-order valence-electron chi connectivity index (χ3n) is 9.99. The molecule has 0 saturated heterocycles. The first-order valence-corrected chi connectivity index (χ1v) is 18.7. The van der Waals surface area contributed by atoms with Crippen molar-refractivity contribution < 1.29 is 0 Å². The standard InChI is InChI=1S/C42H36N4P2/c1-6-16-30-26(3)25-34(38-43-36(40(45-38)47-4)28-18-10-8-11-19-28)42(33(30)7-2)35-31-22-15-14-17-27(31)23-24-32(35)39-44-37(41(48-5)46(39)42)29-20-12-9-13-21-29/h6,8-24,26H,4-5,7,25H2,1-3H3/b16-6-,38-34-. The van der Waals surface area contributed by atoms with Crippen LogP contribution in [-0.4, -0.2) is 33.3 Å². The molecule has 0 N–H and O–H groups in total. The van der Waals surface area contributed by atoms with Gasteiger partial charge in [0.1, 0.15) is 28.2 Å². The van der Waals surface area contributed by atoms with E-state index in [0.717, 1.165) is 79.9 Å². The number of fused-ring (bicyclic) bond motifs is 7. The first kappa shape index (κ1) is 30.6. The number of nitrogens with zero attached hydrogens (tertiary/aromatic N) is 4. The summed E-state index contributed by atoms with van der Waals surface area (Å²) in [6.07, 6.45) is 15.0. The van der Waals surface area contributed by atoms with Crippen molar-refractivity contribution in [3.63, 3.8) is 0 Å². The zero-order valence-corrected chi connectivity index (χ0v) is 29.3. The summed E-state index contributed by atoms with van der Waals surface area (Å²) in [6, 6.07) is 34.3. The van der Waals surface area contributed by atoms with Gasteiger partial charge in [-0.2, -0.15) is 0 Å². The molecule has 0 amide bonds. The third kappa shape index (κ3) is 4.33. The van der Waals surface area contributed by atoms with Gasteiger partial charge in [0.05, 0.1) is 5.44 Å². The smallest absolute Gasteiger partial charge is 0.156 e. The molecule has 2 unspecified atom stereocenters. The summed E-state index contributed by atoms with van der Waals surface area (Å²) >= 11 is 0. The summed E-state index contributed by atoms with van der Waals surface area (Å²) in [5, 5.41) is 2.45. The Balaban J connectivity index is 1.60. The predicted molar refractivity (Wildman–Crippen MR) is 209 cm³/mol. The van der Waals surface area contributed by atoms with Crippen molar-refractivity contribution in [3.05, 3.63) is 143 Å². The lowest BCUT2D eigenvalue weighted by atomic mass is 9.64. The van der Waals surface area contributed by atoms with Crippen LogP contribution in [-0.2, 0) is 5.54 Å². The Morgan fingerprint density at radius 3 is 2.27 bits per heavy atom. The molecule has 48 heavy (non-hydrogen) atoms. The second-order valence-corrected chi connectivity index (χ2v) is 14.0. The van der Waals surface area contributed by atoms with E-state index in [1.165, 1.54) is 33.1 Å². The van der Waals surface area contributed by atoms with E-state index in [-0.39, 0.29) is 5.92 Å². The van der Waals surface area contributed by atoms with E-state index < -0.39 is 5.54 Å². The average Bonchev–Trinajstić information content (AvgIpc) is 3.82. The lowest BCUT2D eigenvalue weighted by Crippen LogP contribution is -2.45. The molecule has 0 bridgehead atoms. The van der Waals surface area contributed by atoms with Crippen LogP contribution in [0.2, 0.25) is 0 Å². The van der Waals surface area contributed by atoms with Gasteiger partial charge in [-0.05, 0) is 47.6 Å². The fourth-order valence-corrected chi connectivity index (χ4v) is 9.37. The molecule has 1 aliphatic carbocycles. The molecule has 8 rings (SSSR count). The average molecular weight is 659 g/mol. The van der Waals surface area contributed by atoms with E-state index in [0.29, 0.717) is 0 Å². The van der Waals surface area contributed by atoms with Crippen LogP contribution in [0.1, 0.15) is 44.7 Å². The third-order valence-corrected chi connectivity index (χ3v) is 11.3. The Bertz CT molecular complexity index is 2300. The topological polar surface area (TPSA) is 42.5 Å². The van der Waals surface area contributed by atoms with Crippen LogP contribution >= 0.6 is 16.4 Å². The Morgan fingerprint density at radius 2 is 1.58 bits per heavy atom. The van der Waals surface area contributed by atoms with Gasteiger partial charge in [-0.15, -0.1) is 0 Å². The number of imidazole rings is 1. The summed E-state index contributed by atoms with van der Waals surface area (Å²) in [7, 11) is 1.74. The van der Waals surface area contributed by atoms with Crippen LogP contribution in [0.4, 0.5) is 0 Å². The predicted octanol–water partition coefficient (Wildman–Crippen LogP) is 10.2. The Morgan fingerprint density at radius 1 is 0.875 bits per heavy atom. The van der Waals surface area contributed by atoms with Crippen LogP contribution in [0.5, 0.6) is 0 Å². The minimum Gasteiger partial charge on any atom is -0.302 e. The summed E-state index contributed by atoms with van der Waals surface area (Å²) < 4.78 is 2.53. The van der Waals surface area contributed by atoms with Crippen molar-refractivity contribution in [2.75, 3.05) is 0 Å². The van der Waals surface area contributed by atoms with Crippen molar-refractivity contribution in [1.29, 1.82) is 0 Å². The first-order valence-electron chi connectivity index (χ1n) is 16.5. The molecule has 4 nitrogen and oxygen atoms in total. The van der Waals surface area contributed by atoms with Crippen molar-refractivity contribution in [3.8, 4) is 22.6 Å². The molecule has 2 aliphatic heterocycles. The summed E-state index contributed by atoms with van der Waals surface area (Å²) in [4.78, 5) is 16.3. The molecule has 5 aromatic rings. The van der Waals surface area contributed by atoms with E-state index in [1.807, 2.05) is 6.07 Å². The molecule has 6 heteroatoms. The fourth-order valence-electron chi connectivity index (χ4n) is 8.16. The van der Waals surface area contributed by atoms with Gasteiger partial charge in [0.25, 0.3) is 0 Å². The second-order valence-electron chi connectivity index (χ2n) is 12.5. The van der Waals surface area contributed by atoms with Crippen LogP contribution in [0.25, 0.3) is 33.4 Å². The van der Waals surface area contributed by atoms with Crippen LogP contribution < -0.4 is 5.44 Å². The molecule has 0 fully saturated rings. The van der Waals surface area contributed by atoms with Crippen LogP contribution in [0.3, 0.4) is 0 Å². The quantitative estimate of drug-likeness (QED) is 0.168. The van der Waals surface area contributed by atoms with Crippen molar-refractivity contribution >= 4 is 56.4 Å². The molecule has 3 aliphatic rings. The summed E-state index contributed by atoms with van der Waals surface area (Å²) in [5.41, 5.74) is 11.7. The van der Waals surface area contributed by atoms with Crippen LogP contribution in [0.15, 0.2) is 142 Å². The molecular weight excluding hydrogens is 622 g/mol. The van der Waals surface area contributed by atoms with Gasteiger partial charge >= 0.3 is 0 Å². The highest BCUT2D eigenvalue weighted by Crippen LogP contribution is 2.60. The van der Waals surface area contributed by atoms with Gasteiger partial charge in [-0.25, -0.2) is 15.0 Å². The number of aliphatic imine (C=N–C) groups is 2. The lowest BCUT2D eigenvalue weighted by molar-refractivity contribution is 0.434. The highest BCUT2D eigenvalue weighted by atomic mass is 31.1. The molecule has 1 aromatic heterocycles. The van der Waals surface area contributed by atoms with E-state index in [1.54, 1.807) is 0 Å². The van der Waals surface area contributed by atoms with Gasteiger partial charge in [-0.1, -0.05) is 152 Å². The molecule has 0 saturated carbocycles. The van der Waals surface area contributed by atoms with E-state index >= 15 is 0 Å². The molecule has 3 heterocycles. The SMILES string of the molecule is C=PC1=N/C(=C2/CC(C)C(/C=C\C)=C(CC)C23c2c(ccc4ccccc24)-c2nc(-c4ccccc4)c(P=C)n23)N=C1c1ccccc1. The second kappa shape index (κ2) is 12.0. The van der Waals surface area contributed by atoms with Crippen molar-refractivity contribution in [2.45, 2.75) is 39.2 Å². The zero-order valence-electron chi connectivity index (χ0n) is 27.5. The molecule has 1 spiro atoms. The summed E-state index contributed by atoms with van der Waals surface area (Å²) in [5.74, 6) is 2.05. The molecular formula is C42H36N4P2. The highest BCUT2D eigenvalue weighted by Gasteiger charge is 2.55. The minimum atomic E-state index is -0.695. The van der Waals surface area contributed by atoms with Crippen molar-refractivity contribution in [1.82, 2.24) is 9.55 Å². The first-order chi connectivity index (χ1) is 23.6. The normalized spacial score (nSPS) is 21.9. The van der Waals surface area contributed by atoms with Gasteiger partial charge in [0, 0.05) is 27.8 Å². The number of rotatable bonds is 6. The van der Waals surface area contributed by atoms with Gasteiger partial charge in [0.2, 0.25) is 0 Å². The Labute approximate surface area is 285 Å². The van der Waals surface area contributed by atoms with E-state index in [4.69, 9.17) is 15.0 Å². The maximum Gasteiger partial charge on any atom is 0.156 e. The molecule has 234 valence electrons. The lowest BCUT2D eigenvalue weighted by Gasteiger charge is -2.45. The van der Waals surface area contributed by atoms with Gasteiger partial charge in [-0.3, -0.25) is 0 Å². The van der Waals surface area contributed by atoms with Gasteiger partial charge < -0.3 is 4.57 Å². The van der Waals surface area contributed by atoms with E-state index in [9.17, 15) is 0 Å². The number of hydrogen-bond acceptors (Lipinski definition) is 3. The van der Waals surface area contributed by atoms with Crippen molar-refractivity contribution in [2.24, 2.45) is 15.9 Å². The monoisotopic (exact) mass is 658 g/mol. The molecule has 4 aromatic carbocycles. The number of allylic oxidation sites excluding steroid dienone is 5.